The smallest absolute Gasteiger partial charge is 0.342 e. The van der Waals surface area contributed by atoms with Gasteiger partial charge in [0.1, 0.15) is 4.91 Å². The number of aromatic amines is 1. The summed E-state index contributed by atoms with van der Waals surface area (Å²) >= 11 is 1.13. The minimum absolute atomic E-state index is 0.234. The number of nitrogens with zero attached hydrogens (tertiary/aromatic N) is 2. The summed E-state index contributed by atoms with van der Waals surface area (Å²) in [4.78, 5) is 19.4. The Balaban J connectivity index is 1.97. The first kappa shape index (κ1) is 15.4. The summed E-state index contributed by atoms with van der Waals surface area (Å²) in [5.74, 6) is -0.962. The first-order valence-electron chi connectivity index (χ1n) is 7.16. The maximum atomic E-state index is 11.6. The van der Waals surface area contributed by atoms with Crippen LogP contribution in [-0.4, -0.2) is 25.6 Å². The molecule has 2 N–H and O–H groups in total. The van der Waals surface area contributed by atoms with Gasteiger partial charge in [-0.15, -0.1) is 0 Å². The number of benzene rings is 1. The molecule has 0 saturated heterocycles. The van der Waals surface area contributed by atoms with Crippen LogP contribution in [0, 0.1) is 13.8 Å². The molecule has 0 saturated carbocycles. The Labute approximate surface area is 138 Å². The van der Waals surface area contributed by atoms with Gasteiger partial charge in [0.2, 0.25) is 0 Å². The summed E-state index contributed by atoms with van der Waals surface area (Å²) in [6.45, 7) is 3.97. The Morgan fingerprint density at radius 1 is 1.35 bits per heavy atom. The van der Waals surface area contributed by atoms with Gasteiger partial charge in [-0.3, -0.25) is 0 Å². The SMILES string of the molecule is Cc1cc(/C=C(\Sc2nc3ccccc3[nH]2)C(=O)O)c(C)n1C. The largest absolute Gasteiger partial charge is 0.477 e. The fourth-order valence-corrected chi connectivity index (χ4v) is 3.18. The first-order chi connectivity index (χ1) is 11.0. The third kappa shape index (κ3) is 3.03. The van der Waals surface area contributed by atoms with E-state index in [1.807, 2.05) is 55.8 Å². The average Bonchev–Trinajstić information content (AvgIpc) is 3.03. The van der Waals surface area contributed by atoms with Gasteiger partial charge in [-0.05, 0) is 55.4 Å². The average molecular weight is 327 g/mol. The fraction of sp³-hybridized carbons (Fsp3) is 0.176. The van der Waals surface area contributed by atoms with Gasteiger partial charge >= 0.3 is 5.97 Å². The Morgan fingerprint density at radius 3 is 2.70 bits per heavy atom. The predicted molar refractivity (Wildman–Crippen MR) is 92.5 cm³/mol. The molecule has 0 aliphatic heterocycles. The Hall–Kier alpha value is -2.47. The molecule has 0 atom stereocenters. The molecule has 2 heterocycles. The number of rotatable bonds is 4. The summed E-state index contributed by atoms with van der Waals surface area (Å²) in [6, 6.07) is 9.62. The summed E-state index contributed by atoms with van der Waals surface area (Å²) in [5, 5.41) is 10.1. The topological polar surface area (TPSA) is 70.9 Å². The number of H-pyrrole nitrogens is 1. The van der Waals surface area contributed by atoms with Crippen LogP contribution >= 0.6 is 11.8 Å². The maximum Gasteiger partial charge on any atom is 0.342 e. The molecule has 1 aromatic carbocycles. The van der Waals surface area contributed by atoms with Crippen molar-refractivity contribution in [3.05, 3.63) is 52.2 Å². The number of hydrogen-bond donors (Lipinski definition) is 2. The lowest BCUT2D eigenvalue weighted by Crippen LogP contribution is -1.98. The zero-order chi connectivity index (χ0) is 16.6. The lowest BCUT2D eigenvalue weighted by molar-refractivity contribution is -0.131. The third-order valence-electron chi connectivity index (χ3n) is 3.89. The molecule has 0 bridgehead atoms. The monoisotopic (exact) mass is 327 g/mol. The van der Waals surface area contributed by atoms with Crippen molar-refractivity contribution in [3.63, 3.8) is 0 Å². The molecule has 0 amide bonds. The van der Waals surface area contributed by atoms with Crippen LogP contribution in [0.5, 0.6) is 0 Å². The zero-order valence-corrected chi connectivity index (χ0v) is 13.9. The molecule has 6 heteroatoms. The van der Waals surface area contributed by atoms with Crippen molar-refractivity contribution in [1.82, 2.24) is 14.5 Å². The molecular weight excluding hydrogens is 310 g/mol. The molecule has 0 aliphatic carbocycles. The van der Waals surface area contributed by atoms with Gasteiger partial charge in [-0.25, -0.2) is 9.78 Å². The quantitative estimate of drug-likeness (QED) is 0.566. The van der Waals surface area contributed by atoms with Crippen LogP contribution in [0.2, 0.25) is 0 Å². The molecule has 5 nitrogen and oxygen atoms in total. The number of nitrogens with one attached hydrogen (secondary N) is 1. The van der Waals surface area contributed by atoms with Gasteiger partial charge in [0.05, 0.1) is 11.0 Å². The van der Waals surface area contributed by atoms with Crippen molar-refractivity contribution in [1.29, 1.82) is 0 Å². The summed E-state index contributed by atoms with van der Waals surface area (Å²) < 4.78 is 2.04. The fourth-order valence-electron chi connectivity index (χ4n) is 2.39. The highest BCUT2D eigenvalue weighted by Gasteiger charge is 2.14. The van der Waals surface area contributed by atoms with Crippen LogP contribution < -0.4 is 0 Å². The van der Waals surface area contributed by atoms with E-state index in [9.17, 15) is 9.90 Å². The molecule has 3 aromatic rings. The number of aliphatic carboxylic acids is 1. The number of thioether (sulfide) groups is 1. The van der Waals surface area contributed by atoms with Crippen LogP contribution in [0.1, 0.15) is 17.0 Å². The second-order valence-electron chi connectivity index (χ2n) is 5.36. The van der Waals surface area contributed by atoms with E-state index in [1.54, 1.807) is 6.08 Å². The van der Waals surface area contributed by atoms with E-state index < -0.39 is 5.97 Å². The van der Waals surface area contributed by atoms with Gasteiger partial charge in [0.15, 0.2) is 5.16 Å². The van der Waals surface area contributed by atoms with Crippen LogP contribution in [-0.2, 0) is 11.8 Å². The van der Waals surface area contributed by atoms with Crippen molar-refractivity contribution < 1.29 is 9.90 Å². The molecule has 0 radical (unpaired) electrons. The minimum atomic E-state index is -0.962. The highest BCUT2D eigenvalue weighted by atomic mass is 32.2. The molecule has 0 fully saturated rings. The number of imidazole rings is 1. The number of aryl methyl sites for hydroxylation is 1. The van der Waals surface area contributed by atoms with Crippen LogP contribution in [0.25, 0.3) is 17.1 Å². The van der Waals surface area contributed by atoms with Crippen LogP contribution in [0.4, 0.5) is 0 Å². The number of para-hydroxylation sites is 2. The van der Waals surface area contributed by atoms with Crippen molar-refractivity contribution >= 4 is 34.8 Å². The molecule has 23 heavy (non-hydrogen) atoms. The van der Waals surface area contributed by atoms with E-state index >= 15 is 0 Å². The van der Waals surface area contributed by atoms with E-state index in [4.69, 9.17) is 0 Å². The minimum Gasteiger partial charge on any atom is -0.477 e. The number of aromatic nitrogens is 3. The second-order valence-corrected chi connectivity index (χ2v) is 6.39. The number of carboxylic acids is 1. The van der Waals surface area contributed by atoms with Crippen molar-refractivity contribution in [2.75, 3.05) is 0 Å². The molecule has 0 spiro atoms. The number of fused-ring (bicyclic) bond motifs is 1. The molecule has 3 rings (SSSR count). The number of hydrogen-bond acceptors (Lipinski definition) is 3. The van der Waals surface area contributed by atoms with E-state index in [1.165, 1.54) is 0 Å². The summed E-state index contributed by atoms with van der Waals surface area (Å²) in [5.41, 5.74) is 4.75. The van der Waals surface area contributed by atoms with Gasteiger partial charge in [0, 0.05) is 18.4 Å². The number of carboxylic acid groups (broad SMARTS) is 1. The lowest BCUT2D eigenvalue weighted by atomic mass is 10.2. The summed E-state index contributed by atoms with van der Waals surface area (Å²) in [6.07, 6.45) is 1.70. The molecular formula is C17H17N3O2S. The van der Waals surface area contributed by atoms with Crippen molar-refractivity contribution in [3.8, 4) is 0 Å². The number of carbonyl (C=O) groups is 1. The van der Waals surface area contributed by atoms with E-state index in [0.29, 0.717) is 5.16 Å². The standard InChI is InChI=1S/C17H17N3O2S/c1-10-8-12(11(2)20(10)3)9-15(16(21)22)23-17-18-13-6-4-5-7-14(13)19-17/h4-9H,1-3H3,(H,18,19)(H,21,22)/b15-9-. The first-order valence-corrected chi connectivity index (χ1v) is 7.98. The highest BCUT2D eigenvalue weighted by molar-refractivity contribution is 8.04. The normalized spacial score (nSPS) is 12.0. The van der Waals surface area contributed by atoms with Crippen molar-refractivity contribution in [2.45, 2.75) is 19.0 Å². The Morgan fingerprint density at radius 2 is 2.09 bits per heavy atom. The summed E-state index contributed by atoms with van der Waals surface area (Å²) in [7, 11) is 1.97. The van der Waals surface area contributed by atoms with E-state index in [0.717, 1.165) is 39.7 Å². The lowest BCUT2D eigenvalue weighted by Gasteiger charge is -2.01. The Bertz CT molecular complexity index is 888. The van der Waals surface area contributed by atoms with E-state index in [-0.39, 0.29) is 4.91 Å². The predicted octanol–water partition coefficient (Wildman–Crippen LogP) is 3.74. The molecule has 0 unspecified atom stereocenters. The van der Waals surface area contributed by atoms with Gasteiger partial charge in [-0.1, -0.05) is 12.1 Å². The van der Waals surface area contributed by atoms with E-state index in [2.05, 4.69) is 9.97 Å². The van der Waals surface area contributed by atoms with Gasteiger partial charge < -0.3 is 14.7 Å². The third-order valence-corrected chi connectivity index (χ3v) is 4.79. The van der Waals surface area contributed by atoms with Crippen LogP contribution in [0.15, 0.2) is 40.4 Å². The maximum absolute atomic E-state index is 11.6. The second kappa shape index (κ2) is 5.96. The Kier molecular flexibility index (Phi) is 4.00. The molecule has 2 aromatic heterocycles. The van der Waals surface area contributed by atoms with Gasteiger partial charge in [0.25, 0.3) is 0 Å². The highest BCUT2D eigenvalue weighted by Crippen LogP contribution is 2.29. The molecule has 118 valence electrons. The zero-order valence-electron chi connectivity index (χ0n) is 13.1. The van der Waals surface area contributed by atoms with Crippen molar-refractivity contribution in [2.24, 2.45) is 7.05 Å². The molecule has 0 aliphatic rings. The van der Waals surface area contributed by atoms with Crippen LogP contribution in [0.3, 0.4) is 0 Å². The van der Waals surface area contributed by atoms with Gasteiger partial charge in [-0.2, -0.15) is 0 Å².